The summed E-state index contributed by atoms with van der Waals surface area (Å²) < 4.78 is 10.6. The van der Waals surface area contributed by atoms with Crippen molar-refractivity contribution in [2.75, 3.05) is 45.7 Å². The van der Waals surface area contributed by atoms with Crippen LogP contribution in [-0.2, 0) is 6.54 Å². The smallest absolute Gasteiger partial charge is 0.173 e. The minimum Gasteiger partial charge on any atom is -0.497 e. The maximum absolute atomic E-state index is 5.96. The Bertz CT molecular complexity index is 755. The van der Waals surface area contributed by atoms with Crippen molar-refractivity contribution < 1.29 is 9.47 Å². The van der Waals surface area contributed by atoms with Crippen LogP contribution >= 0.6 is 23.8 Å². The molecule has 3 rings (SSSR count). The number of anilines is 1. The lowest BCUT2D eigenvalue weighted by atomic mass is 10.2. The van der Waals surface area contributed by atoms with Crippen LogP contribution in [0.4, 0.5) is 5.69 Å². The molecule has 1 aliphatic heterocycles. The van der Waals surface area contributed by atoms with E-state index < -0.39 is 0 Å². The van der Waals surface area contributed by atoms with E-state index in [1.807, 2.05) is 30.3 Å². The van der Waals surface area contributed by atoms with Crippen LogP contribution in [0.2, 0.25) is 5.02 Å². The Kier molecular flexibility index (Phi) is 6.77. The monoisotopic (exact) mass is 405 g/mol. The van der Waals surface area contributed by atoms with Gasteiger partial charge in [0.25, 0.3) is 0 Å². The van der Waals surface area contributed by atoms with Crippen LogP contribution in [0.1, 0.15) is 5.56 Å². The Morgan fingerprint density at radius 1 is 1.00 bits per heavy atom. The molecule has 0 amide bonds. The van der Waals surface area contributed by atoms with Gasteiger partial charge in [0.2, 0.25) is 0 Å². The molecule has 0 spiro atoms. The van der Waals surface area contributed by atoms with Gasteiger partial charge >= 0.3 is 0 Å². The molecule has 0 aliphatic carbocycles. The fourth-order valence-corrected chi connectivity index (χ4v) is 3.47. The molecule has 0 saturated carbocycles. The lowest BCUT2D eigenvalue weighted by Gasteiger charge is -2.36. The van der Waals surface area contributed by atoms with Crippen molar-refractivity contribution >= 4 is 34.6 Å². The molecule has 1 heterocycles. The number of halogens is 1. The van der Waals surface area contributed by atoms with E-state index in [4.69, 9.17) is 33.3 Å². The van der Waals surface area contributed by atoms with Gasteiger partial charge in [-0.05, 0) is 29.9 Å². The van der Waals surface area contributed by atoms with Crippen molar-refractivity contribution in [3.63, 3.8) is 0 Å². The van der Waals surface area contributed by atoms with Gasteiger partial charge in [0.15, 0.2) is 5.11 Å². The first-order valence-electron chi connectivity index (χ1n) is 8.83. The normalized spacial score (nSPS) is 14.7. The molecule has 1 aliphatic rings. The second-order valence-corrected chi connectivity index (χ2v) is 7.24. The largest absolute Gasteiger partial charge is 0.497 e. The number of hydrogen-bond donors (Lipinski definition) is 1. The number of rotatable bonds is 5. The van der Waals surface area contributed by atoms with E-state index in [-0.39, 0.29) is 0 Å². The number of nitrogens with zero attached hydrogens (tertiary/aromatic N) is 2. The van der Waals surface area contributed by atoms with E-state index in [1.165, 1.54) is 5.56 Å². The number of nitrogens with one attached hydrogen (secondary N) is 1. The first-order valence-corrected chi connectivity index (χ1v) is 9.62. The second kappa shape index (κ2) is 9.26. The van der Waals surface area contributed by atoms with E-state index >= 15 is 0 Å². The lowest BCUT2D eigenvalue weighted by molar-refractivity contribution is 0.177. The van der Waals surface area contributed by atoms with Gasteiger partial charge in [-0.3, -0.25) is 4.90 Å². The first-order chi connectivity index (χ1) is 13.1. The summed E-state index contributed by atoms with van der Waals surface area (Å²) in [6.45, 7) is 4.64. The van der Waals surface area contributed by atoms with Crippen molar-refractivity contribution in [1.29, 1.82) is 0 Å². The Balaban J connectivity index is 1.53. The van der Waals surface area contributed by atoms with Crippen LogP contribution in [0.15, 0.2) is 42.5 Å². The van der Waals surface area contributed by atoms with Crippen molar-refractivity contribution in [2.24, 2.45) is 0 Å². The first kappa shape index (κ1) is 19.7. The molecule has 5 nitrogen and oxygen atoms in total. The Morgan fingerprint density at radius 3 is 2.15 bits per heavy atom. The number of thiocarbonyl (C=S) groups is 1. The standard InChI is InChI=1S/C20H24ClN3O2S/c1-25-18-11-17(12-19(13-18)26-2)22-20(27)24-9-7-23(8-10-24)14-15-3-5-16(21)6-4-15/h3-6,11-13H,7-10,14H2,1-2H3,(H,22,27). The zero-order chi connectivity index (χ0) is 19.2. The Labute approximate surface area is 170 Å². The molecule has 1 N–H and O–H groups in total. The highest BCUT2D eigenvalue weighted by Crippen LogP contribution is 2.26. The highest BCUT2D eigenvalue weighted by molar-refractivity contribution is 7.80. The van der Waals surface area contributed by atoms with E-state index in [0.717, 1.165) is 60.0 Å². The van der Waals surface area contributed by atoms with Gasteiger partial charge in [0.05, 0.1) is 14.2 Å². The SMILES string of the molecule is COc1cc(NC(=S)N2CCN(Cc3ccc(Cl)cc3)CC2)cc(OC)c1. The van der Waals surface area contributed by atoms with Gasteiger partial charge in [-0.15, -0.1) is 0 Å². The number of methoxy groups -OCH3 is 2. The lowest BCUT2D eigenvalue weighted by Crippen LogP contribution is -2.49. The van der Waals surface area contributed by atoms with Gasteiger partial charge in [0.1, 0.15) is 11.5 Å². The minimum atomic E-state index is 0.719. The van der Waals surface area contributed by atoms with Gasteiger partial charge in [-0.1, -0.05) is 23.7 Å². The molecular weight excluding hydrogens is 382 g/mol. The number of benzene rings is 2. The number of ether oxygens (including phenoxy) is 2. The number of piperazine rings is 1. The molecule has 2 aromatic carbocycles. The van der Waals surface area contributed by atoms with Gasteiger partial charge < -0.3 is 19.7 Å². The maximum Gasteiger partial charge on any atom is 0.173 e. The fourth-order valence-electron chi connectivity index (χ4n) is 3.04. The van der Waals surface area contributed by atoms with Crippen molar-refractivity contribution in [1.82, 2.24) is 9.80 Å². The second-order valence-electron chi connectivity index (χ2n) is 6.42. The van der Waals surface area contributed by atoms with Gasteiger partial charge in [-0.2, -0.15) is 0 Å². The van der Waals surface area contributed by atoms with Crippen molar-refractivity contribution in [3.8, 4) is 11.5 Å². The summed E-state index contributed by atoms with van der Waals surface area (Å²) in [6.07, 6.45) is 0. The molecule has 0 unspecified atom stereocenters. The van der Waals surface area contributed by atoms with E-state index in [1.54, 1.807) is 14.2 Å². The minimum absolute atomic E-state index is 0.719. The third kappa shape index (κ3) is 5.48. The summed E-state index contributed by atoms with van der Waals surface area (Å²) in [6, 6.07) is 13.7. The summed E-state index contributed by atoms with van der Waals surface area (Å²) in [4.78, 5) is 4.62. The Hall–Kier alpha value is -2.02. The molecule has 7 heteroatoms. The molecule has 0 aromatic heterocycles. The topological polar surface area (TPSA) is 37.0 Å². The molecule has 0 bridgehead atoms. The molecule has 1 saturated heterocycles. The average molecular weight is 406 g/mol. The average Bonchev–Trinajstić information content (AvgIpc) is 2.70. The molecule has 1 fully saturated rings. The number of hydrogen-bond acceptors (Lipinski definition) is 4. The summed E-state index contributed by atoms with van der Waals surface area (Å²) in [5.74, 6) is 1.46. The molecule has 0 atom stereocenters. The summed E-state index contributed by atoms with van der Waals surface area (Å²) >= 11 is 11.6. The van der Waals surface area contributed by atoms with E-state index in [0.29, 0.717) is 0 Å². The van der Waals surface area contributed by atoms with Crippen molar-refractivity contribution in [3.05, 3.63) is 53.1 Å². The highest BCUT2D eigenvalue weighted by atomic mass is 35.5. The zero-order valence-electron chi connectivity index (χ0n) is 15.6. The van der Waals surface area contributed by atoms with Crippen LogP contribution in [0, 0.1) is 0 Å². The summed E-state index contributed by atoms with van der Waals surface area (Å²) in [7, 11) is 3.27. The quantitative estimate of drug-likeness (QED) is 0.761. The van der Waals surface area contributed by atoms with Gasteiger partial charge in [-0.25, -0.2) is 0 Å². The summed E-state index contributed by atoms with van der Waals surface area (Å²) in [5.41, 5.74) is 2.14. The van der Waals surface area contributed by atoms with E-state index in [2.05, 4.69) is 27.2 Å². The predicted molar refractivity (Wildman–Crippen MR) is 114 cm³/mol. The third-order valence-electron chi connectivity index (χ3n) is 4.58. The molecule has 27 heavy (non-hydrogen) atoms. The Morgan fingerprint density at radius 2 is 1.59 bits per heavy atom. The zero-order valence-corrected chi connectivity index (χ0v) is 17.1. The van der Waals surface area contributed by atoms with Crippen LogP contribution < -0.4 is 14.8 Å². The molecule has 144 valence electrons. The van der Waals surface area contributed by atoms with Crippen LogP contribution in [0.3, 0.4) is 0 Å². The van der Waals surface area contributed by atoms with Crippen molar-refractivity contribution in [2.45, 2.75) is 6.54 Å². The molecule has 2 aromatic rings. The van der Waals surface area contributed by atoms with Crippen LogP contribution in [0.5, 0.6) is 11.5 Å². The third-order valence-corrected chi connectivity index (χ3v) is 5.19. The van der Waals surface area contributed by atoms with E-state index in [9.17, 15) is 0 Å². The highest BCUT2D eigenvalue weighted by Gasteiger charge is 2.19. The summed E-state index contributed by atoms with van der Waals surface area (Å²) in [5, 5.41) is 4.79. The van der Waals surface area contributed by atoms with Crippen LogP contribution in [-0.4, -0.2) is 55.3 Å². The maximum atomic E-state index is 5.96. The van der Waals surface area contributed by atoms with Gasteiger partial charge in [0, 0.05) is 61.6 Å². The fraction of sp³-hybridized carbons (Fsp3) is 0.350. The molecular formula is C20H24ClN3O2S. The van der Waals surface area contributed by atoms with Crippen LogP contribution in [0.25, 0.3) is 0 Å². The predicted octanol–water partition coefficient (Wildman–Crippen LogP) is 3.87. The molecule has 0 radical (unpaired) electrons.